The summed E-state index contributed by atoms with van der Waals surface area (Å²) >= 11 is 5.80. The van der Waals surface area contributed by atoms with Crippen molar-refractivity contribution in [2.75, 3.05) is 14.2 Å². The molecule has 0 radical (unpaired) electrons. The predicted octanol–water partition coefficient (Wildman–Crippen LogP) is 2.46. The van der Waals surface area contributed by atoms with Gasteiger partial charge in [0.25, 0.3) is 5.91 Å². The van der Waals surface area contributed by atoms with Gasteiger partial charge in [0.1, 0.15) is 5.56 Å². The smallest absolute Gasteiger partial charge is 0.344 e. The summed E-state index contributed by atoms with van der Waals surface area (Å²) in [5, 5.41) is 0.532. The first-order valence-corrected chi connectivity index (χ1v) is 7.70. The molecule has 0 bridgehead atoms. The molecular weight excluding hydrogens is 348 g/mol. The van der Waals surface area contributed by atoms with Crippen molar-refractivity contribution in [2.24, 2.45) is 0 Å². The minimum absolute atomic E-state index is 0.264. The standard InChI is InChI=1S/C17H15ClN2O5/c1-23-12-8-7-11-13(14(12)24-2)17(22)25-16(11)20-19-15(21)9-3-5-10(18)6-4-9/h3-8,16,20H,1-2H3,(H,19,21)/t16-/m0/s1. The number of fused-ring (bicyclic) bond motifs is 1. The average molecular weight is 363 g/mol. The van der Waals surface area contributed by atoms with Gasteiger partial charge < -0.3 is 14.2 Å². The predicted molar refractivity (Wildman–Crippen MR) is 89.8 cm³/mol. The van der Waals surface area contributed by atoms with Crippen molar-refractivity contribution in [3.63, 3.8) is 0 Å². The Morgan fingerprint density at radius 1 is 1.12 bits per heavy atom. The third-order valence-electron chi connectivity index (χ3n) is 3.71. The van der Waals surface area contributed by atoms with E-state index in [-0.39, 0.29) is 11.5 Å². The lowest BCUT2D eigenvalue weighted by molar-refractivity contribution is 0.0260. The third kappa shape index (κ3) is 3.24. The van der Waals surface area contributed by atoms with E-state index in [0.29, 0.717) is 27.6 Å². The number of esters is 1. The second-order valence-electron chi connectivity index (χ2n) is 5.16. The number of hydrazine groups is 1. The monoisotopic (exact) mass is 362 g/mol. The van der Waals surface area contributed by atoms with Crippen LogP contribution in [0.2, 0.25) is 5.02 Å². The van der Waals surface area contributed by atoms with Crippen LogP contribution in [0.3, 0.4) is 0 Å². The lowest BCUT2D eigenvalue weighted by atomic mass is 10.1. The van der Waals surface area contributed by atoms with Crippen molar-refractivity contribution in [2.45, 2.75) is 6.23 Å². The number of cyclic esters (lactones) is 1. The van der Waals surface area contributed by atoms with Crippen molar-refractivity contribution in [3.8, 4) is 11.5 Å². The highest BCUT2D eigenvalue weighted by Crippen LogP contribution is 2.40. The third-order valence-corrected chi connectivity index (χ3v) is 3.96. The highest BCUT2D eigenvalue weighted by Gasteiger charge is 2.36. The maximum absolute atomic E-state index is 12.2. The molecule has 0 spiro atoms. The Morgan fingerprint density at radius 3 is 2.48 bits per heavy atom. The summed E-state index contributed by atoms with van der Waals surface area (Å²) in [5.74, 6) is -0.243. The van der Waals surface area contributed by atoms with E-state index in [9.17, 15) is 9.59 Å². The zero-order valence-electron chi connectivity index (χ0n) is 13.5. The van der Waals surface area contributed by atoms with Crippen molar-refractivity contribution >= 4 is 23.5 Å². The first-order valence-electron chi connectivity index (χ1n) is 7.32. The van der Waals surface area contributed by atoms with E-state index in [1.807, 2.05) is 0 Å². The van der Waals surface area contributed by atoms with Gasteiger partial charge in [0.15, 0.2) is 17.7 Å². The minimum Gasteiger partial charge on any atom is -0.493 e. The van der Waals surface area contributed by atoms with E-state index in [0.717, 1.165) is 0 Å². The number of ether oxygens (including phenoxy) is 3. The van der Waals surface area contributed by atoms with Crippen molar-refractivity contribution < 1.29 is 23.8 Å². The molecule has 0 saturated heterocycles. The SMILES string of the molecule is COc1ccc2c(c1OC)C(=O)O[C@@H]2NNC(=O)c1ccc(Cl)cc1. The van der Waals surface area contributed by atoms with Gasteiger partial charge >= 0.3 is 5.97 Å². The molecule has 7 nitrogen and oxygen atoms in total. The molecule has 1 heterocycles. The number of hydrogen-bond donors (Lipinski definition) is 2. The summed E-state index contributed by atoms with van der Waals surface area (Å²) in [6.07, 6.45) is -0.835. The first kappa shape index (κ1) is 17.1. The lowest BCUT2D eigenvalue weighted by Crippen LogP contribution is -2.40. The molecular formula is C17H15ClN2O5. The first-order chi connectivity index (χ1) is 12.0. The maximum atomic E-state index is 12.2. The van der Waals surface area contributed by atoms with Crippen LogP contribution in [0.25, 0.3) is 0 Å². The van der Waals surface area contributed by atoms with Crippen molar-refractivity contribution in [1.29, 1.82) is 0 Å². The molecule has 25 heavy (non-hydrogen) atoms. The molecule has 2 aromatic rings. The van der Waals surface area contributed by atoms with E-state index < -0.39 is 12.2 Å². The number of rotatable bonds is 5. The molecule has 8 heteroatoms. The van der Waals surface area contributed by atoms with Gasteiger partial charge in [-0.05, 0) is 36.4 Å². The lowest BCUT2D eigenvalue weighted by Gasteiger charge is -2.14. The van der Waals surface area contributed by atoms with Gasteiger partial charge in [0, 0.05) is 16.1 Å². The van der Waals surface area contributed by atoms with E-state index in [1.165, 1.54) is 14.2 Å². The molecule has 1 atom stereocenters. The minimum atomic E-state index is -0.835. The molecule has 3 rings (SSSR count). The molecule has 1 aliphatic heterocycles. The number of benzene rings is 2. The van der Waals surface area contributed by atoms with Gasteiger partial charge in [-0.1, -0.05) is 11.6 Å². The Balaban J connectivity index is 1.77. The van der Waals surface area contributed by atoms with Crippen LogP contribution in [0.5, 0.6) is 11.5 Å². The van der Waals surface area contributed by atoms with Gasteiger partial charge in [-0.25, -0.2) is 4.79 Å². The summed E-state index contributed by atoms with van der Waals surface area (Å²) in [7, 11) is 2.92. The second kappa shape index (κ2) is 7.00. The fraction of sp³-hybridized carbons (Fsp3) is 0.176. The van der Waals surface area contributed by atoms with Crippen LogP contribution in [-0.2, 0) is 4.74 Å². The van der Waals surface area contributed by atoms with Crippen LogP contribution in [0.15, 0.2) is 36.4 Å². The van der Waals surface area contributed by atoms with E-state index in [1.54, 1.807) is 36.4 Å². The molecule has 2 aromatic carbocycles. The zero-order valence-corrected chi connectivity index (χ0v) is 14.2. The van der Waals surface area contributed by atoms with E-state index in [2.05, 4.69) is 10.9 Å². The van der Waals surface area contributed by atoms with E-state index in [4.69, 9.17) is 25.8 Å². The van der Waals surface area contributed by atoms with Crippen molar-refractivity contribution in [1.82, 2.24) is 10.9 Å². The largest absolute Gasteiger partial charge is 0.493 e. The molecule has 2 N–H and O–H groups in total. The van der Waals surface area contributed by atoms with Gasteiger partial charge in [0.2, 0.25) is 0 Å². The Bertz CT molecular complexity index is 823. The summed E-state index contributed by atoms with van der Waals surface area (Å²) in [6.45, 7) is 0. The molecule has 1 amide bonds. The highest BCUT2D eigenvalue weighted by molar-refractivity contribution is 6.30. The van der Waals surface area contributed by atoms with Gasteiger partial charge in [-0.3, -0.25) is 10.2 Å². The fourth-order valence-corrected chi connectivity index (χ4v) is 2.64. The molecule has 0 unspecified atom stereocenters. The summed E-state index contributed by atoms with van der Waals surface area (Å²) in [5.41, 5.74) is 6.42. The number of carbonyl (C=O) groups is 2. The molecule has 0 saturated carbocycles. The highest BCUT2D eigenvalue weighted by atomic mass is 35.5. The number of methoxy groups -OCH3 is 2. The normalized spacial score (nSPS) is 15.3. The Morgan fingerprint density at radius 2 is 1.84 bits per heavy atom. The number of nitrogens with one attached hydrogen (secondary N) is 2. The van der Waals surface area contributed by atoms with Gasteiger partial charge in [-0.15, -0.1) is 0 Å². The summed E-state index contributed by atoms with van der Waals surface area (Å²) in [4.78, 5) is 24.3. The summed E-state index contributed by atoms with van der Waals surface area (Å²) < 4.78 is 15.7. The Labute approximate surface area is 148 Å². The molecule has 1 aliphatic rings. The summed E-state index contributed by atoms with van der Waals surface area (Å²) in [6, 6.07) is 9.73. The Kier molecular flexibility index (Phi) is 4.78. The number of hydrogen-bond acceptors (Lipinski definition) is 6. The van der Waals surface area contributed by atoms with Gasteiger partial charge in [0.05, 0.1) is 14.2 Å². The molecule has 130 valence electrons. The number of carbonyl (C=O) groups excluding carboxylic acids is 2. The second-order valence-corrected chi connectivity index (χ2v) is 5.59. The Hall–Kier alpha value is -2.77. The number of halogens is 1. The quantitative estimate of drug-likeness (QED) is 0.627. The number of amides is 1. The zero-order chi connectivity index (χ0) is 18.0. The average Bonchev–Trinajstić information content (AvgIpc) is 2.95. The van der Waals surface area contributed by atoms with Crippen LogP contribution in [0.4, 0.5) is 0 Å². The van der Waals surface area contributed by atoms with Crippen LogP contribution >= 0.6 is 11.6 Å². The van der Waals surface area contributed by atoms with Crippen LogP contribution in [0, 0.1) is 0 Å². The topological polar surface area (TPSA) is 85.9 Å². The van der Waals surface area contributed by atoms with E-state index >= 15 is 0 Å². The van der Waals surface area contributed by atoms with Crippen molar-refractivity contribution in [3.05, 3.63) is 58.1 Å². The fourth-order valence-electron chi connectivity index (χ4n) is 2.51. The molecule has 0 aromatic heterocycles. The molecule has 0 fully saturated rings. The maximum Gasteiger partial charge on any atom is 0.344 e. The van der Waals surface area contributed by atoms with Crippen LogP contribution < -0.4 is 20.3 Å². The molecule has 0 aliphatic carbocycles. The van der Waals surface area contributed by atoms with Crippen LogP contribution in [-0.4, -0.2) is 26.1 Å². The van der Waals surface area contributed by atoms with Crippen LogP contribution in [0.1, 0.15) is 32.5 Å². The van der Waals surface area contributed by atoms with Gasteiger partial charge in [-0.2, -0.15) is 5.43 Å².